The monoisotopic (exact) mass is 389 g/mol. The summed E-state index contributed by atoms with van der Waals surface area (Å²) in [6, 6.07) is 18.3. The largest absolute Gasteiger partial charge is 0.379 e. The van der Waals surface area contributed by atoms with Gasteiger partial charge in [-0.1, -0.05) is 30.3 Å². The minimum Gasteiger partial charge on any atom is -0.379 e. The van der Waals surface area contributed by atoms with Crippen LogP contribution < -0.4 is 16.0 Å². The standard InChI is InChI=1S/C21H27N3O2.ClH/c1-16(17-6-4-3-5-7-17)23-18-8-10-19(11-9-18)24-20(25)21(26-2)12-14-22-15-13-21;/h3-11,16,22-23H,12-15H2,1-2H3,(H,24,25);1H. The van der Waals surface area contributed by atoms with Crippen LogP contribution in [0.2, 0.25) is 0 Å². The van der Waals surface area contributed by atoms with Crippen LogP contribution in [0.5, 0.6) is 0 Å². The van der Waals surface area contributed by atoms with Gasteiger partial charge >= 0.3 is 0 Å². The van der Waals surface area contributed by atoms with Gasteiger partial charge in [0, 0.05) is 24.5 Å². The number of rotatable bonds is 6. The number of anilines is 2. The Labute approximate surface area is 167 Å². The zero-order chi connectivity index (χ0) is 18.4. The maximum absolute atomic E-state index is 12.7. The Hall–Kier alpha value is -2.08. The first-order chi connectivity index (χ1) is 12.6. The molecule has 3 N–H and O–H groups in total. The van der Waals surface area contributed by atoms with E-state index < -0.39 is 5.60 Å². The third-order valence-corrected chi connectivity index (χ3v) is 5.04. The van der Waals surface area contributed by atoms with Gasteiger partial charge in [-0.25, -0.2) is 0 Å². The number of carbonyl (C=O) groups excluding carboxylic acids is 1. The average Bonchev–Trinajstić information content (AvgIpc) is 2.70. The van der Waals surface area contributed by atoms with Crippen LogP contribution in [-0.2, 0) is 9.53 Å². The van der Waals surface area contributed by atoms with Crippen molar-refractivity contribution in [1.29, 1.82) is 0 Å². The zero-order valence-electron chi connectivity index (χ0n) is 15.8. The summed E-state index contributed by atoms with van der Waals surface area (Å²) < 4.78 is 5.57. The van der Waals surface area contributed by atoms with Crippen molar-refractivity contribution in [3.8, 4) is 0 Å². The Morgan fingerprint density at radius 1 is 1.04 bits per heavy atom. The molecule has 27 heavy (non-hydrogen) atoms. The molecule has 1 fully saturated rings. The lowest BCUT2D eigenvalue weighted by Crippen LogP contribution is -2.51. The number of benzene rings is 2. The predicted molar refractivity (Wildman–Crippen MR) is 113 cm³/mol. The molecule has 0 radical (unpaired) electrons. The summed E-state index contributed by atoms with van der Waals surface area (Å²) in [5, 5.41) is 9.73. The van der Waals surface area contributed by atoms with Crippen LogP contribution in [0.1, 0.15) is 31.4 Å². The summed E-state index contributed by atoms with van der Waals surface area (Å²) in [5.74, 6) is -0.0696. The van der Waals surface area contributed by atoms with Crippen molar-refractivity contribution in [2.24, 2.45) is 0 Å². The third kappa shape index (κ3) is 5.22. The number of carbonyl (C=O) groups is 1. The molecule has 6 heteroatoms. The fourth-order valence-electron chi connectivity index (χ4n) is 3.32. The molecule has 3 rings (SSSR count). The van der Waals surface area contributed by atoms with Crippen molar-refractivity contribution in [3.05, 3.63) is 60.2 Å². The van der Waals surface area contributed by atoms with E-state index in [9.17, 15) is 4.79 Å². The number of hydrogen-bond acceptors (Lipinski definition) is 4. The van der Waals surface area contributed by atoms with E-state index in [0.29, 0.717) is 12.8 Å². The van der Waals surface area contributed by atoms with Crippen LogP contribution in [0.3, 0.4) is 0 Å². The summed E-state index contributed by atoms with van der Waals surface area (Å²) >= 11 is 0. The number of halogens is 1. The van der Waals surface area contributed by atoms with E-state index in [4.69, 9.17) is 4.74 Å². The van der Waals surface area contributed by atoms with E-state index in [1.165, 1.54) is 5.56 Å². The Balaban J connectivity index is 0.00000261. The van der Waals surface area contributed by atoms with Crippen LogP contribution in [-0.4, -0.2) is 31.7 Å². The molecule has 1 heterocycles. The molecule has 1 atom stereocenters. The molecule has 2 aromatic rings. The molecule has 1 aliphatic heterocycles. The van der Waals surface area contributed by atoms with Crippen molar-refractivity contribution in [1.82, 2.24) is 5.32 Å². The minimum atomic E-state index is -0.732. The van der Waals surface area contributed by atoms with Gasteiger partial charge in [-0.05, 0) is 62.7 Å². The summed E-state index contributed by atoms with van der Waals surface area (Å²) in [7, 11) is 1.61. The second-order valence-corrected chi connectivity index (χ2v) is 6.76. The van der Waals surface area contributed by atoms with Crippen LogP contribution in [0, 0.1) is 0 Å². The molecule has 1 aliphatic rings. The van der Waals surface area contributed by atoms with Gasteiger partial charge in [0.15, 0.2) is 0 Å². The van der Waals surface area contributed by atoms with Crippen molar-refractivity contribution >= 4 is 29.7 Å². The molecule has 1 unspecified atom stereocenters. The normalized spacial score (nSPS) is 16.7. The smallest absolute Gasteiger partial charge is 0.256 e. The van der Waals surface area contributed by atoms with E-state index in [0.717, 1.165) is 24.5 Å². The topological polar surface area (TPSA) is 62.4 Å². The molecule has 0 bridgehead atoms. The lowest BCUT2D eigenvalue weighted by atomic mass is 9.91. The number of amides is 1. The van der Waals surface area contributed by atoms with E-state index in [1.807, 2.05) is 42.5 Å². The first-order valence-corrected chi connectivity index (χ1v) is 9.12. The molecule has 0 aliphatic carbocycles. The molecule has 146 valence electrons. The van der Waals surface area contributed by atoms with Crippen molar-refractivity contribution < 1.29 is 9.53 Å². The summed E-state index contributed by atoms with van der Waals surface area (Å²) in [4.78, 5) is 12.7. The number of piperidine rings is 1. The van der Waals surface area contributed by atoms with Crippen LogP contribution in [0.15, 0.2) is 54.6 Å². The summed E-state index contributed by atoms with van der Waals surface area (Å²) in [6.07, 6.45) is 1.37. The van der Waals surface area contributed by atoms with Gasteiger partial charge in [-0.15, -0.1) is 12.4 Å². The first kappa shape index (κ1) is 21.2. The van der Waals surface area contributed by atoms with Gasteiger partial charge in [0.1, 0.15) is 5.60 Å². The van der Waals surface area contributed by atoms with Crippen molar-refractivity contribution in [2.45, 2.75) is 31.4 Å². The molecule has 2 aromatic carbocycles. The van der Waals surface area contributed by atoms with Crippen LogP contribution in [0.25, 0.3) is 0 Å². The second kappa shape index (κ2) is 9.74. The molecular formula is C21H28ClN3O2. The van der Waals surface area contributed by atoms with E-state index >= 15 is 0 Å². The quantitative estimate of drug-likeness (QED) is 0.699. The lowest BCUT2D eigenvalue weighted by Gasteiger charge is -2.34. The van der Waals surface area contributed by atoms with Gasteiger partial charge < -0.3 is 20.7 Å². The SMILES string of the molecule is COC1(C(=O)Nc2ccc(NC(C)c3ccccc3)cc2)CCNCC1.Cl. The summed E-state index contributed by atoms with van der Waals surface area (Å²) in [5.41, 5.74) is 2.30. The number of ether oxygens (including phenoxy) is 1. The highest BCUT2D eigenvalue weighted by atomic mass is 35.5. The Morgan fingerprint density at radius 2 is 1.63 bits per heavy atom. The van der Waals surface area contributed by atoms with Crippen molar-refractivity contribution in [2.75, 3.05) is 30.8 Å². The van der Waals surface area contributed by atoms with E-state index in [1.54, 1.807) is 7.11 Å². The van der Waals surface area contributed by atoms with Gasteiger partial charge in [0.2, 0.25) is 0 Å². The highest BCUT2D eigenvalue weighted by Gasteiger charge is 2.39. The van der Waals surface area contributed by atoms with E-state index in [-0.39, 0.29) is 24.4 Å². The fourth-order valence-corrected chi connectivity index (χ4v) is 3.32. The Morgan fingerprint density at radius 3 is 2.22 bits per heavy atom. The molecule has 1 saturated heterocycles. The highest BCUT2D eigenvalue weighted by molar-refractivity contribution is 5.97. The number of nitrogens with one attached hydrogen (secondary N) is 3. The maximum atomic E-state index is 12.7. The molecule has 0 spiro atoms. The zero-order valence-corrected chi connectivity index (χ0v) is 16.6. The minimum absolute atomic E-state index is 0. The van der Waals surface area contributed by atoms with Crippen molar-refractivity contribution in [3.63, 3.8) is 0 Å². The molecule has 0 aromatic heterocycles. The summed E-state index contributed by atoms with van der Waals surface area (Å²) in [6.45, 7) is 3.72. The maximum Gasteiger partial charge on any atom is 0.256 e. The average molecular weight is 390 g/mol. The Kier molecular flexibility index (Phi) is 7.66. The van der Waals surface area contributed by atoms with Crippen LogP contribution in [0.4, 0.5) is 11.4 Å². The molecule has 5 nitrogen and oxygen atoms in total. The van der Waals surface area contributed by atoms with Gasteiger partial charge in [-0.2, -0.15) is 0 Å². The number of methoxy groups -OCH3 is 1. The van der Waals surface area contributed by atoms with Crippen LogP contribution >= 0.6 is 12.4 Å². The third-order valence-electron chi connectivity index (χ3n) is 5.04. The lowest BCUT2D eigenvalue weighted by molar-refractivity contribution is -0.140. The predicted octanol–water partition coefficient (Wildman–Crippen LogP) is 3.99. The fraction of sp³-hybridized carbons (Fsp3) is 0.381. The van der Waals surface area contributed by atoms with Gasteiger partial charge in [0.05, 0.1) is 0 Å². The van der Waals surface area contributed by atoms with Gasteiger partial charge in [0.25, 0.3) is 5.91 Å². The van der Waals surface area contributed by atoms with E-state index in [2.05, 4.69) is 35.0 Å². The molecule has 0 saturated carbocycles. The molecule has 1 amide bonds. The second-order valence-electron chi connectivity index (χ2n) is 6.76. The Bertz CT molecular complexity index is 716. The van der Waals surface area contributed by atoms with Gasteiger partial charge in [-0.3, -0.25) is 4.79 Å². The highest BCUT2D eigenvalue weighted by Crippen LogP contribution is 2.25. The number of hydrogen-bond donors (Lipinski definition) is 3. The first-order valence-electron chi connectivity index (χ1n) is 9.12. The molecular weight excluding hydrogens is 362 g/mol.